The number of nitrogens with zero attached hydrogens (tertiary/aromatic N) is 2. The van der Waals surface area contributed by atoms with Gasteiger partial charge in [0.1, 0.15) is 5.52 Å². The number of oxazole rings is 1. The number of anilines is 3. The Morgan fingerprint density at radius 1 is 0.357 bits per heavy atom. The zero-order valence-electron chi connectivity index (χ0n) is 30.4. The van der Waals surface area contributed by atoms with Gasteiger partial charge in [-0.3, -0.25) is 0 Å². The first-order chi connectivity index (χ1) is 27.7. The molecule has 0 saturated heterocycles. The minimum absolute atomic E-state index is 0.632. The zero-order chi connectivity index (χ0) is 37.0. The molecule has 0 saturated carbocycles. The van der Waals surface area contributed by atoms with Gasteiger partial charge < -0.3 is 9.32 Å². The van der Waals surface area contributed by atoms with E-state index in [1.54, 1.807) is 0 Å². The molecule has 0 fully saturated rings. The molecule has 0 bridgehead atoms. The first kappa shape index (κ1) is 32.0. The van der Waals surface area contributed by atoms with E-state index < -0.39 is 0 Å². The molecule has 262 valence electrons. The van der Waals surface area contributed by atoms with Gasteiger partial charge in [0.05, 0.1) is 0 Å². The number of rotatable bonds is 6. The third-order valence-electron chi connectivity index (χ3n) is 11.1. The van der Waals surface area contributed by atoms with E-state index in [0.717, 1.165) is 49.9 Å². The maximum Gasteiger partial charge on any atom is 0.227 e. The van der Waals surface area contributed by atoms with Crippen molar-refractivity contribution in [1.82, 2.24) is 4.98 Å². The normalized spacial score (nSPS) is 11.6. The van der Waals surface area contributed by atoms with Gasteiger partial charge in [-0.05, 0) is 115 Å². The van der Waals surface area contributed by atoms with Crippen LogP contribution in [-0.2, 0) is 0 Å². The van der Waals surface area contributed by atoms with Crippen LogP contribution < -0.4 is 4.90 Å². The fourth-order valence-corrected chi connectivity index (χ4v) is 8.33. The van der Waals surface area contributed by atoms with E-state index in [1.807, 2.05) is 36.4 Å². The van der Waals surface area contributed by atoms with Crippen molar-refractivity contribution in [2.45, 2.75) is 0 Å². The van der Waals surface area contributed by atoms with Crippen LogP contribution in [-0.4, -0.2) is 4.98 Å². The highest BCUT2D eigenvalue weighted by molar-refractivity contribution is 6.26. The van der Waals surface area contributed by atoms with E-state index in [0.29, 0.717) is 5.89 Å². The summed E-state index contributed by atoms with van der Waals surface area (Å²) in [5, 5.41) is 9.44. The van der Waals surface area contributed by atoms with Crippen LogP contribution in [0, 0.1) is 0 Å². The summed E-state index contributed by atoms with van der Waals surface area (Å²) in [6, 6.07) is 73.6. The maximum absolute atomic E-state index is 6.35. The van der Waals surface area contributed by atoms with Gasteiger partial charge >= 0.3 is 0 Å². The van der Waals surface area contributed by atoms with E-state index in [-0.39, 0.29) is 0 Å². The topological polar surface area (TPSA) is 29.3 Å². The lowest BCUT2D eigenvalue weighted by Gasteiger charge is -2.26. The van der Waals surface area contributed by atoms with E-state index in [4.69, 9.17) is 9.40 Å². The predicted octanol–water partition coefficient (Wildman–Crippen LogP) is 14.9. The first-order valence-corrected chi connectivity index (χ1v) is 19.0. The maximum atomic E-state index is 6.35. The Morgan fingerprint density at radius 3 is 1.68 bits per heavy atom. The van der Waals surface area contributed by atoms with Gasteiger partial charge in [-0.2, -0.15) is 0 Å². The molecule has 11 aromatic rings. The van der Waals surface area contributed by atoms with Gasteiger partial charge in [-0.25, -0.2) is 4.98 Å². The Kier molecular flexibility index (Phi) is 7.49. The molecule has 0 unspecified atom stereocenters. The SMILES string of the molecule is c1ccc(-c2ccc(N(c3ccc(-c4cccc5ccccc45)cc3)c3ccc4c(ccc5ccc6ccc7oc(-c8ccccc8)nc7c6c54)c3)cc2)cc1. The van der Waals surface area contributed by atoms with Crippen molar-refractivity contribution in [3.8, 4) is 33.7 Å². The molecule has 0 aliphatic carbocycles. The van der Waals surface area contributed by atoms with Gasteiger partial charge in [-0.1, -0.05) is 152 Å². The summed E-state index contributed by atoms with van der Waals surface area (Å²) in [4.78, 5) is 7.45. The molecular weight excluding hydrogens is 681 g/mol. The highest BCUT2D eigenvalue weighted by Gasteiger charge is 2.18. The van der Waals surface area contributed by atoms with Crippen molar-refractivity contribution in [2.75, 3.05) is 4.90 Å². The smallest absolute Gasteiger partial charge is 0.227 e. The molecule has 0 N–H and O–H groups in total. The van der Waals surface area contributed by atoms with Crippen LogP contribution in [0.3, 0.4) is 0 Å². The summed E-state index contributed by atoms with van der Waals surface area (Å²) >= 11 is 0. The fraction of sp³-hybridized carbons (Fsp3) is 0. The number of fused-ring (bicyclic) bond motifs is 8. The molecule has 1 heterocycles. The Hall–Kier alpha value is -7.49. The van der Waals surface area contributed by atoms with Crippen molar-refractivity contribution < 1.29 is 4.42 Å². The zero-order valence-corrected chi connectivity index (χ0v) is 30.4. The molecule has 10 aromatic carbocycles. The van der Waals surface area contributed by atoms with Crippen LogP contribution >= 0.6 is 0 Å². The summed E-state index contributed by atoms with van der Waals surface area (Å²) in [6.45, 7) is 0. The second-order valence-electron chi connectivity index (χ2n) is 14.4. The molecule has 3 heteroatoms. The summed E-state index contributed by atoms with van der Waals surface area (Å²) in [6.07, 6.45) is 0. The molecule has 56 heavy (non-hydrogen) atoms. The molecule has 0 aliphatic rings. The highest BCUT2D eigenvalue weighted by Crippen LogP contribution is 2.42. The van der Waals surface area contributed by atoms with Crippen LogP contribution in [0.5, 0.6) is 0 Å². The lowest BCUT2D eigenvalue weighted by atomic mass is 9.95. The monoisotopic (exact) mass is 714 g/mol. The van der Waals surface area contributed by atoms with E-state index in [2.05, 4.69) is 175 Å². The lowest BCUT2D eigenvalue weighted by Crippen LogP contribution is -2.09. The van der Waals surface area contributed by atoms with Gasteiger partial charge in [0, 0.05) is 28.0 Å². The van der Waals surface area contributed by atoms with Crippen LogP contribution in [0.1, 0.15) is 0 Å². The minimum Gasteiger partial charge on any atom is -0.436 e. The largest absolute Gasteiger partial charge is 0.436 e. The minimum atomic E-state index is 0.632. The van der Waals surface area contributed by atoms with Crippen molar-refractivity contribution in [2.24, 2.45) is 0 Å². The quantitative estimate of drug-likeness (QED) is 0.161. The Morgan fingerprint density at radius 2 is 0.929 bits per heavy atom. The lowest BCUT2D eigenvalue weighted by molar-refractivity contribution is 0.620. The fourth-order valence-electron chi connectivity index (χ4n) is 8.33. The molecule has 0 radical (unpaired) electrons. The second-order valence-corrected chi connectivity index (χ2v) is 14.4. The Labute approximate surface area is 324 Å². The molecular formula is C53H34N2O. The van der Waals surface area contributed by atoms with Crippen LogP contribution in [0.15, 0.2) is 211 Å². The average Bonchev–Trinajstić information content (AvgIpc) is 3.72. The second kappa shape index (κ2) is 13.1. The number of hydrogen-bond acceptors (Lipinski definition) is 3. The van der Waals surface area contributed by atoms with Crippen molar-refractivity contribution >= 4 is 71.3 Å². The number of aromatic nitrogens is 1. The van der Waals surface area contributed by atoms with E-state index in [9.17, 15) is 0 Å². The summed E-state index contributed by atoms with van der Waals surface area (Å²) in [5.74, 6) is 0.632. The Bertz CT molecular complexity index is 3220. The van der Waals surface area contributed by atoms with Crippen molar-refractivity contribution in [3.63, 3.8) is 0 Å². The third kappa shape index (κ3) is 5.40. The molecule has 0 atom stereocenters. The molecule has 3 nitrogen and oxygen atoms in total. The Balaban J connectivity index is 1.07. The summed E-state index contributed by atoms with van der Waals surface area (Å²) in [5.41, 5.74) is 10.7. The van der Waals surface area contributed by atoms with E-state index >= 15 is 0 Å². The van der Waals surface area contributed by atoms with Gasteiger partial charge in [0.15, 0.2) is 5.58 Å². The molecule has 0 aliphatic heterocycles. The van der Waals surface area contributed by atoms with Gasteiger partial charge in [0.25, 0.3) is 0 Å². The van der Waals surface area contributed by atoms with Crippen molar-refractivity contribution in [1.29, 1.82) is 0 Å². The molecule has 0 spiro atoms. The van der Waals surface area contributed by atoms with Crippen molar-refractivity contribution in [3.05, 3.63) is 206 Å². The molecule has 1 aromatic heterocycles. The van der Waals surface area contributed by atoms with Gasteiger partial charge in [-0.15, -0.1) is 0 Å². The van der Waals surface area contributed by atoms with Crippen LogP contribution in [0.2, 0.25) is 0 Å². The average molecular weight is 715 g/mol. The molecule has 0 amide bonds. The third-order valence-corrected chi connectivity index (χ3v) is 11.1. The number of hydrogen-bond donors (Lipinski definition) is 0. The highest BCUT2D eigenvalue weighted by atomic mass is 16.3. The van der Waals surface area contributed by atoms with Crippen LogP contribution in [0.4, 0.5) is 17.1 Å². The standard InChI is InChI=1S/C53H34N2O/c1-3-10-35(11-4-1)36-22-27-43(28-23-36)55(44-29-24-38(25-30-44)47-17-9-15-37-12-7-8-16-46(37)47)45-31-32-48-42(34-45)21-20-39-18-19-40-26-33-49-52(51(40)50(39)48)54-53(56-49)41-13-5-2-6-14-41/h1-34H. The number of benzene rings is 10. The summed E-state index contributed by atoms with van der Waals surface area (Å²) in [7, 11) is 0. The van der Waals surface area contributed by atoms with E-state index in [1.165, 1.54) is 49.2 Å². The predicted molar refractivity (Wildman–Crippen MR) is 235 cm³/mol. The van der Waals surface area contributed by atoms with Gasteiger partial charge in [0.2, 0.25) is 5.89 Å². The summed E-state index contributed by atoms with van der Waals surface area (Å²) < 4.78 is 6.35. The van der Waals surface area contributed by atoms with Crippen LogP contribution in [0.25, 0.3) is 87.9 Å². The first-order valence-electron chi connectivity index (χ1n) is 19.0. The molecule has 11 rings (SSSR count).